The number of carbonyl (C=O) groups excluding carboxylic acids is 1. The highest BCUT2D eigenvalue weighted by Crippen LogP contribution is 2.34. The summed E-state index contributed by atoms with van der Waals surface area (Å²) >= 11 is 0. The van der Waals surface area contributed by atoms with Crippen LogP contribution in [0.5, 0.6) is 11.5 Å². The number of fused-ring (bicyclic) bond motifs is 1. The smallest absolute Gasteiger partial charge is 0.263 e. The Morgan fingerprint density at radius 1 is 1.26 bits per heavy atom. The van der Waals surface area contributed by atoms with E-state index in [0.29, 0.717) is 18.0 Å². The Morgan fingerprint density at radius 2 is 2.04 bits per heavy atom. The largest absolute Gasteiger partial charge is 0.492 e. The number of para-hydroxylation sites is 2. The summed E-state index contributed by atoms with van der Waals surface area (Å²) in [7, 11) is -3.52. The normalized spacial score (nSPS) is 16.2. The molecule has 27 heavy (non-hydrogen) atoms. The molecule has 0 radical (unpaired) electrons. The summed E-state index contributed by atoms with van der Waals surface area (Å²) in [6.45, 7) is 2.49. The molecule has 1 atom stereocenters. The van der Waals surface area contributed by atoms with Gasteiger partial charge >= 0.3 is 0 Å². The molecule has 2 aromatic carbocycles. The van der Waals surface area contributed by atoms with E-state index in [-0.39, 0.29) is 19.0 Å². The molecular weight excluding hydrogens is 368 g/mol. The molecule has 2 aromatic rings. The molecule has 0 fully saturated rings. The van der Waals surface area contributed by atoms with Crippen molar-refractivity contribution in [2.24, 2.45) is 0 Å². The zero-order valence-corrected chi connectivity index (χ0v) is 16.0. The van der Waals surface area contributed by atoms with Gasteiger partial charge in [0.05, 0.1) is 25.0 Å². The van der Waals surface area contributed by atoms with E-state index in [2.05, 4.69) is 5.32 Å². The van der Waals surface area contributed by atoms with Crippen LogP contribution in [0.1, 0.15) is 5.56 Å². The Morgan fingerprint density at radius 3 is 2.78 bits per heavy atom. The van der Waals surface area contributed by atoms with Crippen molar-refractivity contribution in [2.75, 3.05) is 30.3 Å². The number of ether oxygens (including phenoxy) is 2. The molecule has 0 aromatic heterocycles. The lowest BCUT2D eigenvalue weighted by Gasteiger charge is -2.33. The van der Waals surface area contributed by atoms with Gasteiger partial charge in [-0.15, -0.1) is 0 Å². The third kappa shape index (κ3) is 4.71. The van der Waals surface area contributed by atoms with Crippen molar-refractivity contribution in [3.8, 4) is 11.5 Å². The number of sulfonamides is 1. The Balaban J connectivity index is 1.59. The third-order valence-corrected chi connectivity index (χ3v) is 5.23. The molecule has 1 amide bonds. The standard InChI is InChI=1S/C19H22N2O5S/c1-14-6-5-7-15(12-14)25-11-10-20-19(22)18-13-21(27(2,23)24)16-8-3-4-9-17(16)26-18/h3-9,12,18H,10-11,13H2,1-2H3,(H,20,22)/t18-/m1/s1. The number of benzene rings is 2. The second kappa shape index (κ2) is 7.87. The van der Waals surface area contributed by atoms with Crippen molar-refractivity contribution in [2.45, 2.75) is 13.0 Å². The van der Waals surface area contributed by atoms with Crippen LogP contribution in [0.4, 0.5) is 5.69 Å². The van der Waals surface area contributed by atoms with E-state index >= 15 is 0 Å². The molecule has 1 aliphatic rings. The van der Waals surface area contributed by atoms with Crippen LogP contribution in [0, 0.1) is 6.92 Å². The summed E-state index contributed by atoms with van der Waals surface area (Å²) in [5.74, 6) is 0.715. The van der Waals surface area contributed by atoms with Gasteiger partial charge in [0.1, 0.15) is 18.1 Å². The second-order valence-electron chi connectivity index (χ2n) is 6.32. The molecule has 0 unspecified atom stereocenters. The number of hydrogen-bond donors (Lipinski definition) is 1. The van der Waals surface area contributed by atoms with Gasteiger partial charge in [-0.2, -0.15) is 0 Å². The fraction of sp³-hybridized carbons (Fsp3) is 0.316. The number of nitrogens with zero attached hydrogens (tertiary/aromatic N) is 1. The third-order valence-electron chi connectivity index (χ3n) is 4.09. The monoisotopic (exact) mass is 390 g/mol. The summed E-state index contributed by atoms with van der Waals surface area (Å²) in [5, 5.41) is 2.73. The molecule has 0 spiro atoms. The minimum atomic E-state index is -3.52. The number of carbonyl (C=O) groups is 1. The van der Waals surface area contributed by atoms with Crippen molar-refractivity contribution in [3.63, 3.8) is 0 Å². The van der Waals surface area contributed by atoms with Gasteiger partial charge in [-0.05, 0) is 36.8 Å². The highest BCUT2D eigenvalue weighted by molar-refractivity contribution is 7.92. The highest BCUT2D eigenvalue weighted by atomic mass is 32.2. The number of aryl methyl sites for hydroxylation is 1. The van der Waals surface area contributed by atoms with Crippen molar-refractivity contribution >= 4 is 21.6 Å². The van der Waals surface area contributed by atoms with Gasteiger partial charge in [-0.1, -0.05) is 24.3 Å². The first-order valence-corrected chi connectivity index (χ1v) is 10.4. The molecule has 0 bridgehead atoms. The summed E-state index contributed by atoms with van der Waals surface area (Å²) in [4.78, 5) is 12.4. The lowest BCUT2D eigenvalue weighted by atomic mass is 10.2. The Hall–Kier alpha value is -2.74. The van der Waals surface area contributed by atoms with Gasteiger partial charge < -0.3 is 14.8 Å². The average Bonchev–Trinajstić information content (AvgIpc) is 2.63. The molecule has 0 aliphatic carbocycles. The van der Waals surface area contributed by atoms with E-state index in [9.17, 15) is 13.2 Å². The van der Waals surface area contributed by atoms with Crippen molar-refractivity contribution in [3.05, 3.63) is 54.1 Å². The minimum Gasteiger partial charge on any atom is -0.492 e. The number of hydrogen-bond acceptors (Lipinski definition) is 5. The Kier molecular flexibility index (Phi) is 5.55. The maximum absolute atomic E-state index is 12.4. The van der Waals surface area contributed by atoms with Crippen molar-refractivity contribution < 1.29 is 22.7 Å². The molecule has 7 nitrogen and oxygen atoms in total. The summed E-state index contributed by atoms with van der Waals surface area (Å²) in [6.07, 6.45) is 0.188. The fourth-order valence-electron chi connectivity index (χ4n) is 2.81. The van der Waals surface area contributed by atoms with E-state index < -0.39 is 16.1 Å². The van der Waals surface area contributed by atoms with Crippen LogP contribution in [0.15, 0.2) is 48.5 Å². The van der Waals surface area contributed by atoms with Crippen LogP contribution in [0.25, 0.3) is 0 Å². The zero-order chi connectivity index (χ0) is 19.4. The number of anilines is 1. The number of rotatable bonds is 6. The van der Waals surface area contributed by atoms with Crippen LogP contribution in [-0.4, -0.2) is 46.4 Å². The Bertz CT molecular complexity index is 929. The molecule has 1 aliphatic heterocycles. The molecule has 3 rings (SSSR count). The fourth-order valence-corrected chi connectivity index (χ4v) is 3.73. The molecule has 8 heteroatoms. The number of nitrogens with one attached hydrogen (secondary N) is 1. The second-order valence-corrected chi connectivity index (χ2v) is 8.23. The first kappa shape index (κ1) is 19.0. The maximum Gasteiger partial charge on any atom is 0.263 e. The van der Waals surface area contributed by atoms with Crippen molar-refractivity contribution in [1.82, 2.24) is 5.32 Å². The minimum absolute atomic E-state index is 0.0690. The summed E-state index contributed by atoms with van der Waals surface area (Å²) in [5.41, 5.74) is 1.53. The maximum atomic E-state index is 12.4. The van der Waals surface area contributed by atoms with Crippen LogP contribution in [0.2, 0.25) is 0 Å². The van der Waals surface area contributed by atoms with Crippen LogP contribution in [-0.2, 0) is 14.8 Å². The molecular formula is C19H22N2O5S. The zero-order valence-electron chi connectivity index (χ0n) is 15.2. The van der Waals surface area contributed by atoms with Gasteiger partial charge in [0.25, 0.3) is 5.91 Å². The predicted octanol–water partition coefficient (Wildman–Crippen LogP) is 1.72. The van der Waals surface area contributed by atoms with E-state index in [1.807, 2.05) is 31.2 Å². The molecule has 0 saturated heterocycles. The van der Waals surface area contributed by atoms with Gasteiger partial charge in [0, 0.05) is 0 Å². The van der Waals surface area contributed by atoms with Crippen molar-refractivity contribution in [1.29, 1.82) is 0 Å². The SMILES string of the molecule is Cc1cccc(OCCNC(=O)[C@H]2CN(S(C)(=O)=O)c3ccccc3O2)c1. The molecule has 1 heterocycles. The van der Waals surface area contributed by atoms with Gasteiger partial charge in [-0.3, -0.25) is 9.10 Å². The average molecular weight is 390 g/mol. The lowest BCUT2D eigenvalue weighted by Crippen LogP contribution is -2.51. The van der Waals surface area contributed by atoms with Crippen LogP contribution >= 0.6 is 0 Å². The summed E-state index contributed by atoms with van der Waals surface area (Å²) < 4.78 is 36.6. The topological polar surface area (TPSA) is 84.9 Å². The van der Waals surface area contributed by atoms with Gasteiger partial charge in [-0.25, -0.2) is 8.42 Å². The van der Waals surface area contributed by atoms with E-state index in [1.165, 1.54) is 4.31 Å². The quantitative estimate of drug-likeness (QED) is 0.759. The number of amides is 1. The molecule has 1 N–H and O–H groups in total. The van der Waals surface area contributed by atoms with Gasteiger partial charge in [0.15, 0.2) is 6.10 Å². The lowest BCUT2D eigenvalue weighted by molar-refractivity contribution is -0.127. The first-order chi connectivity index (χ1) is 12.8. The van der Waals surface area contributed by atoms with E-state index in [1.54, 1.807) is 24.3 Å². The predicted molar refractivity (Wildman–Crippen MR) is 103 cm³/mol. The Labute approximate surface area is 158 Å². The molecule has 0 saturated carbocycles. The van der Waals surface area contributed by atoms with E-state index in [0.717, 1.165) is 17.6 Å². The van der Waals surface area contributed by atoms with Gasteiger partial charge in [0.2, 0.25) is 10.0 Å². The highest BCUT2D eigenvalue weighted by Gasteiger charge is 2.34. The van der Waals surface area contributed by atoms with Crippen LogP contribution in [0.3, 0.4) is 0 Å². The first-order valence-electron chi connectivity index (χ1n) is 8.55. The summed E-state index contributed by atoms with van der Waals surface area (Å²) in [6, 6.07) is 14.4. The van der Waals surface area contributed by atoms with E-state index in [4.69, 9.17) is 9.47 Å². The molecule has 144 valence electrons. The van der Waals surface area contributed by atoms with Crippen LogP contribution < -0.4 is 19.1 Å².